The average molecular weight is 251 g/mol. The molecule has 66 valence electrons. The number of aryl methyl sites for hydroxylation is 1. The summed E-state index contributed by atoms with van der Waals surface area (Å²) >= 11 is 8.81. The molecule has 0 saturated heterocycles. The summed E-state index contributed by atoms with van der Waals surface area (Å²) in [6, 6.07) is 0. The number of carbonyl (C=O) groups is 1. The molecule has 1 heterocycles. The van der Waals surface area contributed by atoms with Crippen molar-refractivity contribution in [3.8, 4) is 0 Å². The monoisotopic (exact) mass is 249 g/mol. The number of Topliss-reactive ketones (excluding diaryl/α,β-unsaturated/α-hetero) is 1. The minimum Gasteiger partial charge on any atom is -0.344 e. The van der Waals surface area contributed by atoms with Gasteiger partial charge >= 0.3 is 0 Å². The molecule has 12 heavy (non-hydrogen) atoms. The van der Waals surface area contributed by atoms with Gasteiger partial charge in [-0.3, -0.25) is 4.79 Å². The first kappa shape index (κ1) is 9.81. The average Bonchev–Trinajstić information content (AvgIpc) is 2.32. The topological polar surface area (TPSA) is 22.0 Å². The van der Waals surface area contributed by atoms with Crippen molar-refractivity contribution < 1.29 is 4.79 Å². The van der Waals surface area contributed by atoms with Crippen molar-refractivity contribution in [1.82, 2.24) is 4.57 Å². The Labute approximate surface area is 84.6 Å². The molecule has 4 heteroatoms. The van der Waals surface area contributed by atoms with Crippen LogP contribution in [0.2, 0.25) is 0 Å². The number of nitrogens with zero attached hydrogens (tertiary/aromatic N) is 1. The lowest BCUT2D eigenvalue weighted by molar-refractivity contribution is 0.102. The van der Waals surface area contributed by atoms with Gasteiger partial charge in [0, 0.05) is 18.8 Å². The highest BCUT2D eigenvalue weighted by molar-refractivity contribution is 9.10. The second-order valence-electron chi connectivity index (χ2n) is 2.63. The zero-order chi connectivity index (χ0) is 9.30. The number of halogens is 2. The van der Waals surface area contributed by atoms with E-state index in [1.807, 2.05) is 18.5 Å². The second kappa shape index (κ2) is 3.62. The van der Waals surface area contributed by atoms with Crippen LogP contribution in [0.15, 0.2) is 10.8 Å². The van der Waals surface area contributed by atoms with E-state index in [0.29, 0.717) is 5.56 Å². The van der Waals surface area contributed by atoms with Gasteiger partial charge in [0.25, 0.3) is 0 Å². The molecule has 2 nitrogen and oxygen atoms in total. The number of aromatic nitrogens is 1. The Balaban J connectivity index is 3.17. The van der Waals surface area contributed by atoms with Crippen molar-refractivity contribution in [2.75, 3.05) is 5.88 Å². The Morgan fingerprint density at radius 3 is 2.67 bits per heavy atom. The number of rotatable bonds is 2. The van der Waals surface area contributed by atoms with Crippen LogP contribution in [-0.4, -0.2) is 16.2 Å². The summed E-state index contributed by atoms with van der Waals surface area (Å²) in [5.41, 5.74) is 1.64. The first-order valence-corrected chi connectivity index (χ1v) is 4.81. The summed E-state index contributed by atoms with van der Waals surface area (Å²) in [6.07, 6.45) is 1.78. The molecule has 1 rings (SSSR count). The molecule has 0 radical (unpaired) electrons. The molecule has 0 aliphatic carbocycles. The van der Waals surface area contributed by atoms with E-state index in [1.165, 1.54) is 0 Å². The van der Waals surface area contributed by atoms with Crippen LogP contribution in [0, 0.1) is 6.92 Å². The molecule has 0 aliphatic rings. The van der Waals surface area contributed by atoms with Crippen molar-refractivity contribution in [2.24, 2.45) is 7.05 Å². The largest absolute Gasteiger partial charge is 0.344 e. The lowest BCUT2D eigenvalue weighted by Gasteiger charge is -1.93. The van der Waals surface area contributed by atoms with Crippen molar-refractivity contribution >= 4 is 33.3 Å². The number of alkyl halides is 1. The molecule has 0 atom stereocenters. The van der Waals surface area contributed by atoms with Crippen molar-refractivity contribution in [3.63, 3.8) is 0 Å². The fourth-order valence-corrected chi connectivity index (χ4v) is 1.54. The minimum absolute atomic E-state index is 0.0320. The molecule has 0 saturated carbocycles. The third kappa shape index (κ3) is 1.57. The standard InChI is InChI=1S/C8H9BrClNO/c1-5-6(7(12)3-10)4-11(2)8(5)9/h4H,3H2,1-2H3. The van der Waals surface area contributed by atoms with Crippen molar-refractivity contribution in [1.29, 1.82) is 0 Å². The van der Waals surface area contributed by atoms with Crippen LogP contribution in [0.5, 0.6) is 0 Å². The number of ketones is 1. The number of carbonyl (C=O) groups excluding carboxylic acids is 1. The molecule has 0 fully saturated rings. The van der Waals surface area contributed by atoms with E-state index in [9.17, 15) is 4.79 Å². The third-order valence-corrected chi connectivity index (χ3v) is 3.16. The first-order valence-electron chi connectivity index (χ1n) is 3.48. The van der Waals surface area contributed by atoms with E-state index in [2.05, 4.69) is 15.9 Å². The first-order chi connectivity index (χ1) is 5.57. The maximum absolute atomic E-state index is 11.2. The summed E-state index contributed by atoms with van der Waals surface area (Å²) < 4.78 is 2.78. The Kier molecular flexibility index (Phi) is 2.96. The predicted octanol–water partition coefficient (Wildman–Crippen LogP) is 2.52. The van der Waals surface area contributed by atoms with Gasteiger partial charge in [-0.25, -0.2) is 0 Å². The number of hydrogen-bond acceptors (Lipinski definition) is 1. The van der Waals surface area contributed by atoms with E-state index in [-0.39, 0.29) is 11.7 Å². The highest BCUT2D eigenvalue weighted by atomic mass is 79.9. The van der Waals surface area contributed by atoms with Crippen LogP contribution >= 0.6 is 27.5 Å². The van der Waals surface area contributed by atoms with Crippen molar-refractivity contribution in [3.05, 3.63) is 21.9 Å². The van der Waals surface area contributed by atoms with E-state index >= 15 is 0 Å². The molecule has 0 spiro atoms. The molecule has 1 aromatic heterocycles. The van der Waals surface area contributed by atoms with Crippen LogP contribution in [0.4, 0.5) is 0 Å². The molecule has 0 amide bonds. The maximum atomic E-state index is 11.2. The Morgan fingerprint density at radius 2 is 2.33 bits per heavy atom. The van der Waals surface area contributed by atoms with Gasteiger partial charge in [-0.05, 0) is 28.4 Å². The maximum Gasteiger partial charge on any atom is 0.179 e. The van der Waals surface area contributed by atoms with E-state index in [0.717, 1.165) is 10.2 Å². The van der Waals surface area contributed by atoms with Gasteiger partial charge in [-0.1, -0.05) is 0 Å². The molecule has 1 aromatic rings. The summed E-state index contributed by atoms with van der Waals surface area (Å²) in [5, 5.41) is 0. The normalized spacial score (nSPS) is 10.3. The molecular formula is C8H9BrClNO. The van der Waals surface area contributed by atoms with Crippen LogP contribution in [0.25, 0.3) is 0 Å². The third-order valence-electron chi connectivity index (χ3n) is 1.77. The molecule has 0 aromatic carbocycles. The van der Waals surface area contributed by atoms with Crippen LogP contribution in [0.1, 0.15) is 15.9 Å². The smallest absolute Gasteiger partial charge is 0.179 e. The summed E-state index contributed by atoms with van der Waals surface area (Å²) in [6.45, 7) is 1.89. The van der Waals surface area contributed by atoms with Gasteiger partial charge in [0.2, 0.25) is 0 Å². The summed E-state index contributed by atoms with van der Waals surface area (Å²) in [4.78, 5) is 11.2. The van der Waals surface area contributed by atoms with E-state index in [1.54, 1.807) is 6.20 Å². The fraction of sp³-hybridized carbons (Fsp3) is 0.375. The van der Waals surface area contributed by atoms with Crippen molar-refractivity contribution in [2.45, 2.75) is 6.92 Å². The van der Waals surface area contributed by atoms with Crippen LogP contribution in [0.3, 0.4) is 0 Å². The molecule has 0 unspecified atom stereocenters. The fourth-order valence-electron chi connectivity index (χ4n) is 1.08. The van der Waals surface area contributed by atoms with Gasteiger partial charge in [-0.2, -0.15) is 0 Å². The van der Waals surface area contributed by atoms with Crippen LogP contribution in [-0.2, 0) is 7.05 Å². The highest BCUT2D eigenvalue weighted by Crippen LogP contribution is 2.21. The van der Waals surface area contributed by atoms with Gasteiger partial charge < -0.3 is 4.57 Å². The number of hydrogen-bond donors (Lipinski definition) is 0. The van der Waals surface area contributed by atoms with Gasteiger partial charge in [-0.15, -0.1) is 11.6 Å². The molecule has 0 N–H and O–H groups in total. The quantitative estimate of drug-likeness (QED) is 0.584. The van der Waals surface area contributed by atoms with Gasteiger partial charge in [0.1, 0.15) is 0 Å². The summed E-state index contributed by atoms with van der Waals surface area (Å²) in [5.74, 6) is 0.00701. The SMILES string of the molecule is Cc1c(C(=O)CCl)cn(C)c1Br. The van der Waals surface area contributed by atoms with Gasteiger partial charge in [0.15, 0.2) is 5.78 Å². The lowest BCUT2D eigenvalue weighted by Crippen LogP contribution is -1.99. The Hall–Kier alpha value is -0.280. The molecular weight excluding hydrogens is 241 g/mol. The molecule has 0 bridgehead atoms. The predicted molar refractivity (Wildman–Crippen MR) is 52.9 cm³/mol. The van der Waals surface area contributed by atoms with E-state index < -0.39 is 0 Å². The zero-order valence-electron chi connectivity index (χ0n) is 6.90. The minimum atomic E-state index is -0.0320. The second-order valence-corrected chi connectivity index (χ2v) is 3.64. The molecule has 0 aliphatic heterocycles. The lowest BCUT2D eigenvalue weighted by atomic mass is 10.1. The summed E-state index contributed by atoms with van der Waals surface area (Å²) in [7, 11) is 1.88. The van der Waals surface area contributed by atoms with Crippen LogP contribution < -0.4 is 0 Å². The van der Waals surface area contributed by atoms with Gasteiger partial charge in [0.05, 0.1) is 10.5 Å². The highest BCUT2D eigenvalue weighted by Gasteiger charge is 2.13. The zero-order valence-corrected chi connectivity index (χ0v) is 9.24. The Morgan fingerprint density at radius 1 is 1.75 bits per heavy atom. The van der Waals surface area contributed by atoms with E-state index in [4.69, 9.17) is 11.6 Å². The Bertz CT molecular complexity index is 319.